The van der Waals surface area contributed by atoms with Gasteiger partial charge in [-0.25, -0.2) is 0 Å². The first kappa shape index (κ1) is 12.7. The van der Waals surface area contributed by atoms with Gasteiger partial charge >= 0.3 is 0 Å². The van der Waals surface area contributed by atoms with Crippen molar-refractivity contribution in [1.29, 1.82) is 0 Å². The summed E-state index contributed by atoms with van der Waals surface area (Å²) >= 11 is 0. The second-order valence-corrected chi connectivity index (χ2v) is 4.78. The molecule has 2 heteroatoms. The Morgan fingerprint density at radius 3 is 2.40 bits per heavy atom. The van der Waals surface area contributed by atoms with E-state index in [0.29, 0.717) is 5.78 Å². The van der Waals surface area contributed by atoms with Crippen LogP contribution in [-0.2, 0) is 4.79 Å². The van der Waals surface area contributed by atoms with Crippen LogP contribution in [0.4, 0.5) is 0 Å². The van der Waals surface area contributed by atoms with Gasteiger partial charge in [-0.3, -0.25) is 0 Å². The van der Waals surface area contributed by atoms with E-state index < -0.39 is 0 Å². The van der Waals surface area contributed by atoms with E-state index in [1.165, 1.54) is 45.2 Å². The fraction of sp³-hybridized carbons (Fsp3) is 0.923. The molecule has 1 saturated carbocycles. The first-order valence-electron chi connectivity index (χ1n) is 6.47. The summed E-state index contributed by atoms with van der Waals surface area (Å²) < 4.78 is 0. The van der Waals surface area contributed by atoms with Crippen LogP contribution in [-0.4, -0.2) is 29.8 Å². The molecule has 1 aliphatic carbocycles. The van der Waals surface area contributed by atoms with Crippen molar-refractivity contribution in [3.05, 3.63) is 0 Å². The van der Waals surface area contributed by atoms with Crippen LogP contribution in [0.3, 0.4) is 0 Å². The maximum absolute atomic E-state index is 10.8. The molecular weight excluding hydrogens is 186 g/mol. The molecule has 1 rings (SSSR count). The molecule has 0 saturated heterocycles. The Balaban J connectivity index is 2.06. The van der Waals surface area contributed by atoms with Crippen molar-refractivity contribution >= 4 is 5.78 Å². The highest BCUT2D eigenvalue weighted by Gasteiger charge is 2.27. The Hall–Kier alpha value is -0.370. The molecule has 1 fully saturated rings. The molecule has 0 atom stereocenters. The molecule has 0 spiro atoms. The van der Waals surface area contributed by atoms with Crippen LogP contribution in [0.5, 0.6) is 0 Å². The summed E-state index contributed by atoms with van der Waals surface area (Å²) in [5.41, 5.74) is 0. The first-order chi connectivity index (χ1) is 7.24. The van der Waals surface area contributed by atoms with Gasteiger partial charge in [-0.1, -0.05) is 13.3 Å². The molecule has 15 heavy (non-hydrogen) atoms. The van der Waals surface area contributed by atoms with Crippen molar-refractivity contribution in [3.8, 4) is 0 Å². The number of rotatable bonds is 9. The molecule has 1 aliphatic rings. The van der Waals surface area contributed by atoms with E-state index in [2.05, 4.69) is 11.8 Å². The number of carbonyl (C=O) groups excluding carboxylic acids is 1. The second kappa shape index (κ2) is 7.00. The number of carbonyl (C=O) groups is 1. The van der Waals surface area contributed by atoms with Crippen molar-refractivity contribution in [2.24, 2.45) is 0 Å². The largest absolute Gasteiger partial charge is 0.300 e. The summed E-state index contributed by atoms with van der Waals surface area (Å²) in [6.07, 6.45) is 8.45. The number of nitrogens with zero attached hydrogens (tertiary/aromatic N) is 1. The predicted molar refractivity (Wildman–Crippen MR) is 64.0 cm³/mol. The molecule has 0 amide bonds. The molecule has 0 radical (unpaired) electrons. The van der Waals surface area contributed by atoms with Crippen molar-refractivity contribution in [1.82, 2.24) is 4.90 Å². The number of Topliss-reactive ketones (excluding diaryl/α,β-unsaturated/α-hetero) is 1. The fourth-order valence-corrected chi connectivity index (χ4v) is 1.97. The van der Waals surface area contributed by atoms with Gasteiger partial charge < -0.3 is 9.69 Å². The third-order valence-electron chi connectivity index (χ3n) is 3.09. The number of ketones is 1. The van der Waals surface area contributed by atoms with Crippen LogP contribution >= 0.6 is 0 Å². The van der Waals surface area contributed by atoms with E-state index in [1.54, 1.807) is 6.92 Å². The summed E-state index contributed by atoms with van der Waals surface area (Å²) in [5.74, 6) is 0.335. The van der Waals surface area contributed by atoms with Crippen LogP contribution < -0.4 is 0 Å². The average molecular weight is 211 g/mol. The van der Waals surface area contributed by atoms with Crippen molar-refractivity contribution in [2.45, 2.75) is 64.8 Å². The van der Waals surface area contributed by atoms with Gasteiger partial charge in [-0.15, -0.1) is 0 Å². The molecular formula is C13H25NO. The third kappa shape index (κ3) is 5.93. The van der Waals surface area contributed by atoms with E-state index in [0.717, 1.165) is 18.9 Å². The molecule has 88 valence electrons. The van der Waals surface area contributed by atoms with E-state index in [-0.39, 0.29) is 0 Å². The van der Waals surface area contributed by atoms with Crippen LogP contribution in [0, 0.1) is 0 Å². The summed E-state index contributed by atoms with van der Waals surface area (Å²) in [4.78, 5) is 13.4. The van der Waals surface area contributed by atoms with Gasteiger partial charge in [-0.2, -0.15) is 0 Å². The lowest BCUT2D eigenvalue weighted by atomic mass is 10.2. The van der Waals surface area contributed by atoms with E-state index in [9.17, 15) is 4.79 Å². The van der Waals surface area contributed by atoms with Gasteiger partial charge in [0.1, 0.15) is 5.78 Å². The minimum atomic E-state index is 0.335. The van der Waals surface area contributed by atoms with Crippen LogP contribution in [0.1, 0.15) is 58.8 Å². The Kier molecular flexibility index (Phi) is 5.92. The summed E-state index contributed by atoms with van der Waals surface area (Å²) in [6.45, 7) is 6.41. The number of hydrogen-bond acceptors (Lipinski definition) is 2. The number of hydrogen-bond donors (Lipinski definition) is 0. The van der Waals surface area contributed by atoms with Gasteiger partial charge in [0, 0.05) is 12.5 Å². The third-order valence-corrected chi connectivity index (χ3v) is 3.09. The zero-order valence-electron chi connectivity index (χ0n) is 10.3. The van der Waals surface area contributed by atoms with Crippen molar-refractivity contribution in [2.75, 3.05) is 13.1 Å². The molecule has 0 aromatic carbocycles. The zero-order chi connectivity index (χ0) is 11.1. The van der Waals surface area contributed by atoms with Gasteiger partial charge in [0.25, 0.3) is 0 Å². The van der Waals surface area contributed by atoms with E-state index in [4.69, 9.17) is 0 Å². The van der Waals surface area contributed by atoms with Gasteiger partial charge in [0.05, 0.1) is 0 Å². The lowest BCUT2D eigenvalue weighted by Crippen LogP contribution is -2.28. The minimum Gasteiger partial charge on any atom is -0.300 e. The highest BCUT2D eigenvalue weighted by atomic mass is 16.1. The molecule has 0 aromatic rings. The van der Waals surface area contributed by atoms with Gasteiger partial charge in [-0.05, 0) is 52.1 Å². The monoisotopic (exact) mass is 211 g/mol. The lowest BCUT2D eigenvalue weighted by molar-refractivity contribution is -0.117. The maximum Gasteiger partial charge on any atom is 0.129 e. The average Bonchev–Trinajstić information content (AvgIpc) is 3.00. The summed E-state index contributed by atoms with van der Waals surface area (Å²) in [5, 5.41) is 0. The highest BCUT2D eigenvalue weighted by molar-refractivity contribution is 5.75. The topological polar surface area (TPSA) is 20.3 Å². The predicted octanol–water partition coefficient (Wildman–Crippen LogP) is 3.01. The summed E-state index contributed by atoms with van der Waals surface area (Å²) in [6, 6.07) is 0.883. The van der Waals surface area contributed by atoms with E-state index in [1.807, 2.05) is 0 Å². The first-order valence-corrected chi connectivity index (χ1v) is 6.47. The van der Waals surface area contributed by atoms with Gasteiger partial charge in [0.2, 0.25) is 0 Å². The summed E-state index contributed by atoms with van der Waals surface area (Å²) in [7, 11) is 0. The van der Waals surface area contributed by atoms with E-state index >= 15 is 0 Å². The van der Waals surface area contributed by atoms with Crippen molar-refractivity contribution < 1.29 is 4.79 Å². The van der Waals surface area contributed by atoms with Crippen molar-refractivity contribution in [3.63, 3.8) is 0 Å². The molecule has 0 bridgehead atoms. The van der Waals surface area contributed by atoms with Gasteiger partial charge in [0.15, 0.2) is 0 Å². The molecule has 0 N–H and O–H groups in total. The molecule has 0 unspecified atom stereocenters. The van der Waals surface area contributed by atoms with Crippen LogP contribution in [0.25, 0.3) is 0 Å². The Labute approximate surface area is 94.0 Å². The molecule has 0 aliphatic heterocycles. The Bertz CT molecular complexity index is 187. The fourth-order valence-electron chi connectivity index (χ4n) is 1.97. The highest BCUT2D eigenvalue weighted by Crippen LogP contribution is 2.27. The smallest absolute Gasteiger partial charge is 0.129 e. The number of unbranched alkanes of at least 4 members (excludes halogenated alkanes) is 2. The minimum absolute atomic E-state index is 0.335. The molecule has 0 heterocycles. The second-order valence-electron chi connectivity index (χ2n) is 4.78. The standard InChI is InChI=1S/C13H25NO/c1-3-4-10-14(13-8-9-13)11-6-5-7-12(2)15/h13H,3-11H2,1-2H3. The Morgan fingerprint density at radius 2 is 1.87 bits per heavy atom. The normalized spacial score (nSPS) is 15.9. The lowest BCUT2D eigenvalue weighted by Gasteiger charge is -2.21. The Morgan fingerprint density at radius 1 is 1.20 bits per heavy atom. The van der Waals surface area contributed by atoms with Crippen LogP contribution in [0.15, 0.2) is 0 Å². The maximum atomic E-state index is 10.8. The quantitative estimate of drug-likeness (QED) is 0.546. The molecule has 0 aromatic heterocycles. The SMILES string of the molecule is CCCCN(CCCCC(C)=O)C1CC1. The van der Waals surface area contributed by atoms with Crippen LogP contribution in [0.2, 0.25) is 0 Å². The zero-order valence-corrected chi connectivity index (χ0v) is 10.3. The molecule has 2 nitrogen and oxygen atoms in total.